The maximum Gasteiger partial charge on any atom is 0.159 e. The Morgan fingerprint density at radius 1 is 0.871 bits per heavy atom. The molecule has 0 aliphatic heterocycles. The van der Waals surface area contributed by atoms with Gasteiger partial charge in [0.2, 0.25) is 0 Å². The Kier molecular flexibility index (Phi) is 7.20. The number of benzene rings is 2. The fourth-order valence-corrected chi connectivity index (χ4v) is 5.38. The Morgan fingerprint density at radius 2 is 1.61 bits per heavy atom. The molecule has 0 saturated heterocycles. The molecule has 31 heavy (non-hydrogen) atoms. The zero-order valence-electron chi connectivity index (χ0n) is 18.5. The lowest BCUT2D eigenvalue weighted by atomic mass is 9.77. The highest BCUT2D eigenvalue weighted by molar-refractivity contribution is 5.66. The van der Waals surface area contributed by atoms with Crippen LogP contribution >= 0.6 is 0 Å². The van der Waals surface area contributed by atoms with E-state index in [2.05, 4.69) is 13.0 Å². The molecule has 2 aliphatic rings. The lowest BCUT2D eigenvalue weighted by Gasteiger charge is -2.29. The quantitative estimate of drug-likeness (QED) is 0.389. The molecule has 1 fully saturated rings. The van der Waals surface area contributed by atoms with Crippen molar-refractivity contribution in [2.24, 2.45) is 11.8 Å². The van der Waals surface area contributed by atoms with Crippen molar-refractivity contribution in [3.8, 4) is 11.1 Å². The molecule has 0 N–H and O–H groups in total. The second kappa shape index (κ2) is 10.1. The van der Waals surface area contributed by atoms with Crippen LogP contribution in [0.4, 0.5) is 13.2 Å². The molecular weight excluding hydrogens is 393 g/mol. The van der Waals surface area contributed by atoms with Crippen LogP contribution in [-0.4, -0.2) is 0 Å². The molecule has 0 aromatic heterocycles. The number of unbranched alkanes of at least 4 members (excludes halogenated alkanes) is 1. The van der Waals surface area contributed by atoms with E-state index in [1.54, 1.807) is 6.07 Å². The van der Waals surface area contributed by atoms with Gasteiger partial charge in [-0.1, -0.05) is 81.7 Å². The van der Waals surface area contributed by atoms with Crippen molar-refractivity contribution in [2.75, 3.05) is 0 Å². The average Bonchev–Trinajstić information content (AvgIpc) is 2.79. The predicted octanol–water partition coefficient (Wildman–Crippen LogP) is 8.57. The van der Waals surface area contributed by atoms with E-state index in [0.29, 0.717) is 23.1 Å². The molecule has 0 nitrogen and oxygen atoms in total. The van der Waals surface area contributed by atoms with Crippen molar-refractivity contribution >= 4 is 0 Å². The van der Waals surface area contributed by atoms with Gasteiger partial charge in [-0.25, -0.2) is 13.2 Å². The van der Waals surface area contributed by atoms with Crippen LogP contribution in [0.5, 0.6) is 0 Å². The summed E-state index contributed by atoms with van der Waals surface area (Å²) in [6.07, 6.45) is 15.5. The maximum atomic E-state index is 15.2. The highest BCUT2D eigenvalue weighted by Gasteiger charge is 2.23. The van der Waals surface area contributed by atoms with Gasteiger partial charge in [-0.15, -0.1) is 0 Å². The Morgan fingerprint density at radius 3 is 2.32 bits per heavy atom. The van der Waals surface area contributed by atoms with Gasteiger partial charge in [-0.2, -0.15) is 0 Å². The molecule has 3 heteroatoms. The van der Waals surface area contributed by atoms with Gasteiger partial charge in [0.05, 0.1) is 0 Å². The molecule has 0 unspecified atom stereocenters. The minimum Gasteiger partial charge on any atom is -0.206 e. The molecule has 2 aromatic rings. The van der Waals surface area contributed by atoms with Crippen molar-refractivity contribution in [1.29, 1.82) is 0 Å². The molecule has 0 amide bonds. The Bertz CT molecular complexity index is 936. The molecule has 2 aromatic carbocycles. The molecule has 166 valence electrons. The van der Waals surface area contributed by atoms with Crippen molar-refractivity contribution in [3.63, 3.8) is 0 Å². The van der Waals surface area contributed by atoms with Gasteiger partial charge >= 0.3 is 0 Å². The predicted molar refractivity (Wildman–Crippen MR) is 121 cm³/mol. The van der Waals surface area contributed by atoms with Gasteiger partial charge in [0, 0.05) is 5.56 Å². The highest BCUT2D eigenvalue weighted by Crippen LogP contribution is 2.37. The SMILES string of the molecule is CCCCC1CCC(CCC2=CCc3c(ccc(-c4ccc(F)c(F)c4)c3F)C2)CC1. The average molecular weight is 427 g/mol. The van der Waals surface area contributed by atoms with E-state index < -0.39 is 11.6 Å². The van der Waals surface area contributed by atoms with Crippen molar-refractivity contribution in [1.82, 2.24) is 0 Å². The minimum atomic E-state index is -0.948. The van der Waals surface area contributed by atoms with E-state index in [1.165, 1.54) is 63.0 Å². The summed E-state index contributed by atoms with van der Waals surface area (Å²) >= 11 is 0. The normalized spacial score (nSPS) is 21.0. The summed E-state index contributed by atoms with van der Waals surface area (Å²) in [5.74, 6) is -0.374. The Labute approximate surface area is 184 Å². The summed E-state index contributed by atoms with van der Waals surface area (Å²) in [4.78, 5) is 0. The Balaban J connectivity index is 1.35. The molecule has 4 rings (SSSR count). The standard InChI is InChI=1S/C28H33F3/c1-2-3-4-19-5-7-20(8-6-19)9-10-21-11-14-24-22(17-21)12-15-25(28(24)31)23-13-16-26(29)27(30)18-23/h11-13,15-16,18-20H,2-10,14,17H2,1H3. The first-order chi connectivity index (χ1) is 15.0. The van der Waals surface area contributed by atoms with Gasteiger partial charge < -0.3 is 0 Å². The van der Waals surface area contributed by atoms with Crippen molar-refractivity contribution in [3.05, 3.63) is 70.6 Å². The summed E-state index contributed by atoms with van der Waals surface area (Å²) in [5, 5.41) is 0. The van der Waals surface area contributed by atoms with Gasteiger partial charge in [-0.05, 0) is 66.3 Å². The third kappa shape index (κ3) is 5.25. The Hall–Kier alpha value is -2.03. The molecule has 0 heterocycles. The van der Waals surface area contributed by atoms with Crippen molar-refractivity contribution in [2.45, 2.75) is 77.6 Å². The molecule has 0 radical (unpaired) electrons. The van der Waals surface area contributed by atoms with Crippen molar-refractivity contribution < 1.29 is 13.2 Å². The topological polar surface area (TPSA) is 0 Å². The van der Waals surface area contributed by atoms with Crippen LogP contribution in [0.1, 0.15) is 75.8 Å². The molecule has 0 spiro atoms. The van der Waals surface area contributed by atoms with Gasteiger partial charge in [0.15, 0.2) is 11.6 Å². The summed E-state index contributed by atoms with van der Waals surface area (Å²) in [5.41, 5.74) is 3.87. The first-order valence-corrected chi connectivity index (χ1v) is 12.0. The van der Waals surface area contributed by atoms with Crippen LogP contribution in [0.25, 0.3) is 11.1 Å². The minimum absolute atomic E-state index is 0.302. The first kappa shape index (κ1) is 22.2. The molecule has 0 atom stereocenters. The van der Waals surface area contributed by atoms with E-state index in [1.807, 2.05) is 6.07 Å². The summed E-state index contributed by atoms with van der Waals surface area (Å²) < 4.78 is 42.0. The zero-order valence-corrected chi connectivity index (χ0v) is 18.5. The van der Waals surface area contributed by atoms with E-state index in [9.17, 15) is 8.78 Å². The van der Waals surface area contributed by atoms with Crippen LogP contribution in [-0.2, 0) is 12.8 Å². The largest absolute Gasteiger partial charge is 0.206 e. The summed E-state index contributed by atoms with van der Waals surface area (Å²) in [6.45, 7) is 2.27. The molecule has 0 bridgehead atoms. The van der Waals surface area contributed by atoms with Gasteiger partial charge in [-0.3, -0.25) is 0 Å². The summed E-state index contributed by atoms with van der Waals surface area (Å²) in [7, 11) is 0. The number of allylic oxidation sites excluding steroid dienone is 2. The van der Waals surface area contributed by atoms with E-state index >= 15 is 4.39 Å². The number of halogens is 3. The third-order valence-corrected chi connectivity index (χ3v) is 7.39. The van der Waals surface area contributed by atoms with Crippen LogP contribution in [0.2, 0.25) is 0 Å². The second-order valence-electron chi connectivity index (χ2n) is 9.50. The monoisotopic (exact) mass is 426 g/mol. The van der Waals surface area contributed by atoms with Crippen LogP contribution in [0.3, 0.4) is 0 Å². The smallest absolute Gasteiger partial charge is 0.159 e. The second-order valence-corrected chi connectivity index (χ2v) is 9.50. The van der Waals surface area contributed by atoms with Gasteiger partial charge in [0.25, 0.3) is 0 Å². The molecule has 2 aliphatic carbocycles. The van der Waals surface area contributed by atoms with Gasteiger partial charge in [0.1, 0.15) is 5.82 Å². The van der Waals surface area contributed by atoms with E-state index in [4.69, 9.17) is 0 Å². The fraction of sp³-hybridized carbons (Fsp3) is 0.500. The van der Waals surface area contributed by atoms with E-state index in [-0.39, 0.29) is 5.82 Å². The third-order valence-electron chi connectivity index (χ3n) is 7.39. The van der Waals surface area contributed by atoms with Crippen LogP contribution in [0, 0.1) is 29.3 Å². The van der Waals surface area contributed by atoms with Crippen LogP contribution < -0.4 is 0 Å². The lowest BCUT2D eigenvalue weighted by Crippen LogP contribution is -2.15. The zero-order chi connectivity index (χ0) is 21.8. The number of hydrogen-bond acceptors (Lipinski definition) is 0. The fourth-order valence-electron chi connectivity index (χ4n) is 5.38. The number of hydrogen-bond donors (Lipinski definition) is 0. The first-order valence-electron chi connectivity index (χ1n) is 12.0. The van der Waals surface area contributed by atoms with Crippen LogP contribution in [0.15, 0.2) is 42.0 Å². The number of fused-ring (bicyclic) bond motifs is 1. The number of rotatable bonds is 7. The molecular formula is C28H33F3. The lowest BCUT2D eigenvalue weighted by molar-refractivity contribution is 0.249. The molecule has 1 saturated carbocycles. The van der Waals surface area contributed by atoms with E-state index in [0.717, 1.165) is 42.4 Å². The summed E-state index contributed by atoms with van der Waals surface area (Å²) in [6, 6.07) is 7.23. The maximum absolute atomic E-state index is 15.2. The highest BCUT2D eigenvalue weighted by atomic mass is 19.2.